The monoisotopic (exact) mass is 367 g/mol. The molecular weight excluding hydrogens is 342 g/mol. The predicted molar refractivity (Wildman–Crippen MR) is 78.0 cm³/mol. The molecule has 0 aromatic carbocycles. The first-order valence-electron chi connectivity index (χ1n) is 8.18. The highest BCUT2D eigenvalue weighted by Gasteiger charge is 2.58. The molecule has 0 saturated carbocycles. The summed E-state index contributed by atoms with van der Waals surface area (Å²) in [5.74, 6) is 0. The van der Waals surface area contributed by atoms with Crippen LogP contribution in [0.3, 0.4) is 0 Å². The summed E-state index contributed by atoms with van der Waals surface area (Å²) in [5.41, 5.74) is 0. The zero-order valence-corrected chi connectivity index (χ0v) is 13.3. The Hall–Kier alpha value is -0.440. The number of hydrogen-bond donors (Lipinski definition) is 8. The predicted octanol–water partition coefficient (Wildman–Crippen LogP) is -5.69. The zero-order valence-electron chi connectivity index (χ0n) is 13.3. The summed E-state index contributed by atoms with van der Waals surface area (Å²) in [7, 11) is 0. The fourth-order valence-corrected chi connectivity index (χ4v) is 3.92. The van der Waals surface area contributed by atoms with Gasteiger partial charge in [-0.05, 0) is 0 Å². The van der Waals surface area contributed by atoms with Crippen molar-refractivity contribution in [3.8, 4) is 0 Å². The van der Waals surface area contributed by atoms with E-state index in [0.717, 1.165) is 0 Å². The maximum absolute atomic E-state index is 10.4. The van der Waals surface area contributed by atoms with E-state index in [1.807, 2.05) is 0 Å². The first kappa shape index (κ1) is 19.3. The van der Waals surface area contributed by atoms with E-state index >= 15 is 0 Å². The SMILES string of the molecule is OCC1O[C@H](O[C@H]2CN3[C@@H]([C@@H](O)[C@H](O)[C@H]3CO)[C@@H]2O)C(O)[C@@H](O)[C@@H]1O. The third-order valence-corrected chi connectivity index (χ3v) is 5.37. The van der Waals surface area contributed by atoms with Crippen LogP contribution in [-0.2, 0) is 9.47 Å². The highest BCUT2D eigenvalue weighted by molar-refractivity contribution is 5.10. The highest BCUT2D eigenvalue weighted by Crippen LogP contribution is 2.36. The molecule has 0 spiro atoms. The van der Waals surface area contributed by atoms with E-state index < -0.39 is 80.4 Å². The van der Waals surface area contributed by atoms with Crippen molar-refractivity contribution in [3.05, 3.63) is 0 Å². The Morgan fingerprint density at radius 1 is 0.800 bits per heavy atom. The smallest absolute Gasteiger partial charge is 0.187 e. The molecule has 0 amide bonds. The van der Waals surface area contributed by atoms with Crippen LogP contribution in [0.1, 0.15) is 0 Å². The van der Waals surface area contributed by atoms with Crippen LogP contribution in [0.25, 0.3) is 0 Å². The molecule has 8 N–H and O–H groups in total. The second kappa shape index (κ2) is 7.29. The summed E-state index contributed by atoms with van der Waals surface area (Å²) in [6, 6.07) is -1.62. The summed E-state index contributed by atoms with van der Waals surface area (Å²) >= 11 is 0. The van der Waals surface area contributed by atoms with Gasteiger partial charge in [0.1, 0.15) is 30.5 Å². The number of aliphatic hydroxyl groups is 8. The van der Waals surface area contributed by atoms with Crippen LogP contribution in [0.2, 0.25) is 0 Å². The van der Waals surface area contributed by atoms with Crippen LogP contribution in [0.15, 0.2) is 0 Å². The van der Waals surface area contributed by atoms with Crippen molar-refractivity contribution >= 4 is 0 Å². The minimum atomic E-state index is -1.61. The molecule has 3 saturated heterocycles. The third-order valence-electron chi connectivity index (χ3n) is 5.37. The number of aliphatic hydroxyl groups excluding tert-OH is 8. The molecule has 3 rings (SSSR count). The summed E-state index contributed by atoms with van der Waals surface area (Å²) < 4.78 is 10.8. The minimum Gasteiger partial charge on any atom is -0.395 e. The van der Waals surface area contributed by atoms with Crippen molar-refractivity contribution in [2.24, 2.45) is 0 Å². The van der Waals surface area contributed by atoms with Gasteiger partial charge in [-0.2, -0.15) is 0 Å². The lowest BCUT2D eigenvalue weighted by Gasteiger charge is -2.40. The Balaban J connectivity index is 1.70. The molecule has 11 heteroatoms. The number of fused-ring (bicyclic) bond motifs is 1. The Kier molecular flexibility index (Phi) is 5.63. The summed E-state index contributed by atoms with van der Waals surface area (Å²) in [5, 5.41) is 78.5. The third kappa shape index (κ3) is 3.09. The molecule has 3 heterocycles. The standard InChI is InChI=1S/C14H25NO10/c16-2-4-8(18)11(21)7-9(19)5(1-15(4)7)24-14-13(23)12(22)10(20)6(3-17)25-14/h4-14,16-23H,1-3H2/t4-,5+,6?,7-,8-,9-,10-,11-,12+,13?,14+/m1/s1. The lowest BCUT2D eigenvalue weighted by Crippen LogP contribution is -2.60. The lowest BCUT2D eigenvalue weighted by molar-refractivity contribution is -0.314. The second-order valence-electron chi connectivity index (χ2n) is 6.78. The van der Waals surface area contributed by atoms with Crippen molar-refractivity contribution in [1.82, 2.24) is 4.90 Å². The van der Waals surface area contributed by atoms with Crippen LogP contribution in [0, 0.1) is 0 Å². The van der Waals surface area contributed by atoms with Crippen LogP contribution >= 0.6 is 0 Å². The molecule has 3 aliphatic heterocycles. The van der Waals surface area contributed by atoms with Crippen molar-refractivity contribution in [3.63, 3.8) is 0 Å². The fourth-order valence-electron chi connectivity index (χ4n) is 3.92. The second-order valence-corrected chi connectivity index (χ2v) is 6.78. The Morgan fingerprint density at radius 3 is 2.08 bits per heavy atom. The van der Waals surface area contributed by atoms with Crippen LogP contribution in [0.5, 0.6) is 0 Å². The molecule has 3 aliphatic rings. The average Bonchev–Trinajstić information content (AvgIpc) is 3.03. The minimum absolute atomic E-state index is 0.0419. The molecule has 11 nitrogen and oxygen atoms in total. The summed E-state index contributed by atoms with van der Waals surface area (Å²) in [6.07, 6.45) is -12.0. The van der Waals surface area contributed by atoms with Gasteiger partial charge in [0.05, 0.1) is 43.6 Å². The molecule has 0 aliphatic carbocycles. The number of rotatable bonds is 4. The van der Waals surface area contributed by atoms with E-state index in [4.69, 9.17) is 9.47 Å². The highest BCUT2D eigenvalue weighted by atomic mass is 16.7. The van der Waals surface area contributed by atoms with Crippen molar-refractivity contribution in [2.45, 2.75) is 67.2 Å². The van der Waals surface area contributed by atoms with Crippen molar-refractivity contribution in [1.29, 1.82) is 0 Å². The molecule has 0 aromatic heterocycles. The topological polar surface area (TPSA) is 184 Å². The van der Waals surface area contributed by atoms with E-state index in [1.165, 1.54) is 4.90 Å². The molecule has 3 fully saturated rings. The van der Waals surface area contributed by atoms with Crippen LogP contribution < -0.4 is 0 Å². The van der Waals surface area contributed by atoms with Gasteiger partial charge in [-0.1, -0.05) is 0 Å². The molecule has 0 bridgehead atoms. The van der Waals surface area contributed by atoms with Gasteiger partial charge in [0.2, 0.25) is 0 Å². The zero-order chi connectivity index (χ0) is 18.5. The molecule has 11 atom stereocenters. The largest absolute Gasteiger partial charge is 0.395 e. The molecule has 25 heavy (non-hydrogen) atoms. The molecule has 146 valence electrons. The van der Waals surface area contributed by atoms with E-state index in [-0.39, 0.29) is 6.54 Å². The van der Waals surface area contributed by atoms with Gasteiger partial charge in [0, 0.05) is 6.54 Å². The average molecular weight is 367 g/mol. The molecule has 0 aromatic rings. The molecular formula is C14H25NO10. The quantitative estimate of drug-likeness (QED) is 0.237. The number of ether oxygens (including phenoxy) is 2. The first-order chi connectivity index (χ1) is 11.8. The Labute approximate surface area is 143 Å². The van der Waals surface area contributed by atoms with Gasteiger partial charge in [-0.25, -0.2) is 0 Å². The first-order valence-corrected chi connectivity index (χ1v) is 8.18. The fraction of sp³-hybridized carbons (Fsp3) is 1.00. The number of nitrogens with zero attached hydrogens (tertiary/aromatic N) is 1. The normalized spacial score (nSPS) is 54.0. The van der Waals surface area contributed by atoms with E-state index in [9.17, 15) is 40.9 Å². The maximum Gasteiger partial charge on any atom is 0.187 e. The van der Waals surface area contributed by atoms with Gasteiger partial charge in [-0.3, -0.25) is 4.90 Å². The van der Waals surface area contributed by atoms with Gasteiger partial charge in [0.25, 0.3) is 0 Å². The van der Waals surface area contributed by atoms with Crippen LogP contribution in [-0.4, -0.2) is 133 Å². The van der Waals surface area contributed by atoms with Gasteiger partial charge >= 0.3 is 0 Å². The van der Waals surface area contributed by atoms with E-state index in [1.54, 1.807) is 0 Å². The molecule has 2 unspecified atom stereocenters. The summed E-state index contributed by atoms with van der Waals surface area (Å²) in [4.78, 5) is 1.52. The number of hydrogen-bond acceptors (Lipinski definition) is 11. The van der Waals surface area contributed by atoms with Crippen molar-refractivity contribution in [2.75, 3.05) is 19.8 Å². The van der Waals surface area contributed by atoms with E-state index in [2.05, 4.69) is 0 Å². The van der Waals surface area contributed by atoms with Crippen LogP contribution in [0.4, 0.5) is 0 Å². The molecule has 0 radical (unpaired) electrons. The lowest BCUT2D eigenvalue weighted by atomic mass is 9.99. The Bertz CT molecular complexity index is 467. The van der Waals surface area contributed by atoms with Gasteiger partial charge in [0.15, 0.2) is 6.29 Å². The summed E-state index contributed by atoms with van der Waals surface area (Å²) in [6.45, 7) is -0.987. The van der Waals surface area contributed by atoms with E-state index in [0.29, 0.717) is 0 Å². The van der Waals surface area contributed by atoms with Gasteiger partial charge < -0.3 is 50.3 Å². The Morgan fingerprint density at radius 2 is 1.48 bits per heavy atom. The maximum atomic E-state index is 10.4. The van der Waals surface area contributed by atoms with Crippen molar-refractivity contribution < 1.29 is 50.3 Å². The van der Waals surface area contributed by atoms with Gasteiger partial charge in [-0.15, -0.1) is 0 Å².